The van der Waals surface area contributed by atoms with E-state index >= 15 is 0 Å². The lowest BCUT2D eigenvalue weighted by molar-refractivity contribution is -0.115. The molecule has 0 saturated heterocycles. The van der Waals surface area contributed by atoms with Crippen LogP contribution in [0.3, 0.4) is 0 Å². The number of fused-ring (bicyclic) bond motifs is 1. The number of para-hydroxylation sites is 1. The number of aryl methyl sites for hydroxylation is 1. The van der Waals surface area contributed by atoms with E-state index in [1.54, 1.807) is 12.1 Å². The number of nitrogens with one attached hydrogen (secondary N) is 2. The van der Waals surface area contributed by atoms with Crippen molar-refractivity contribution in [2.75, 3.05) is 17.2 Å². The highest BCUT2D eigenvalue weighted by atomic mass is 32.1. The van der Waals surface area contributed by atoms with Crippen LogP contribution in [-0.2, 0) is 0 Å². The second kappa shape index (κ2) is 8.61. The molecule has 13 heteroatoms. The van der Waals surface area contributed by atoms with Gasteiger partial charge in [-0.25, -0.2) is 18.7 Å². The Kier molecular flexibility index (Phi) is 6.14. The van der Waals surface area contributed by atoms with Crippen molar-refractivity contribution in [1.82, 2.24) is 15.0 Å². The van der Waals surface area contributed by atoms with Gasteiger partial charge < -0.3 is 20.8 Å². The molecule has 0 radical (unpaired) electrons. The number of rotatable bonds is 6. The van der Waals surface area contributed by atoms with Crippen LogP contribution in [0.25, 0.3) is 20.8 Å². The van der Waals surface area contributed by atoms with Crippen molar-refractivity contribution in [2.45, 2.75) is 44.2 Å². The second-order valence-electron chi connectivity index (χ2n) is 7.84. The van der Waals surface area contributed by atoms with Gasteiger partial charge in [-0.05, 0) is 31.9 Å². The van der Waals surface area contributed by atoms with Crippen molar-refractivity contribution in [2.24, 2.45) is 5.92 Å². The number of alkyl halides is 5. The van der Waals surface area contributed by atoms with Gasteiger partial charge in [0.15, 0.2) is 5.72 Å². The molecule has 0 bridgehead atoms. The zero-order chi connectivity index (χ0) is 24.0. The fraction of sp³-hybridized carbons (Fsp3) is 0.450. The number of aliphatic hydroxyl groups excluding tert-OH is 1. The molecule has 3 atom stereocenters. The lowest BCUT2D eigenvalue weighted by atomic mass is 10.0. The zero-order valence-corrected chi connectivity index (χ0v) is 18.0. The normalized spacial score (nSPS) is 23.4. The van der Waals surface area contributed by atoms with Crippen molar-refractivity contribution in [1.29, 1.82) is 0 Å². The Morgan fingerprint density at radius 1 is 1.21 bits per heavy atom. The van der Waals surface area contributed by atoms with Crippen LogP contribution in [0.15, 0.2) is 24.3 Å². The minimum atomic E-state index is -4.53. The molecule has 178 valence electrons. The third kappa shape index (κ3) is 4.84. The number of anilines is 2. The molecule has 1 aliphatic carbocycles. The number of hydrogen-bond acceptors (Lipinski definition) is 8. The van der Waals surface area contributed by atoms with Crippen molar-refractivity contribution in [3.05, 3.63) is 30.0 Å². The Balaban J connectivity index is 1.77. The summed E-state index contributed by atoms with van der Waals surface area (Å²) in [5.41, 5.74) is -0.957. The molecule has 1 aromatic carbocycles. The van der Waals surface area contributed by atoms with E-state index in [4.69, 9.17) is 0 Å². The zero-order valence-electron chi connectivity index (χ0n) is 17.2. The fourth-order valence-corrected chi connectivity index (χ4v) is 4.87. The molecule has 2 heterocycles. The van der Waals surface area contributed by atoms with Gasteiger partial charge in [0.2, 0.25) is 12.4 Å². The van der Waals surface area contributed by atoms with Gasteiger partial charge in [-0.2, -0.15) is 18.2 Å². The van der Waals surface area contributed by atoms with Crippen LogP contribution in [0.1, 0.15) is 18.5 Å². The smallest absolute Gasteiger partial charge is 0.388 e. The van der Waals surface area contributed by atoms with Gasteiger partial charge in [-0.15, -0.1) is 11.3 Å². The largest absolute Gasteiger partial charge is 0.405 e. The minimum absolute atomic E-state index is 0.123. The lowest BCUT2D eigenvalue weighted by Crippen LogP contribution is -2.48. The summed E-state index contributed by atoms with van der Waals surface area (Å²) in [7, 11) is 0. The van der Waals surface area contributed by atoms with E-state index in [0.29, 0.717) is 10.5 Å². The van der Waals surface area contributed by atoms with Gasteiger partial charge in [0.25, 0.3) is 0 Å². The van der Waals surface area contributed by atoms with Crippen molar-refractivity contribution in [3.63, 3.8) is 0 Å². The molecule has 4 N–H and O–H groups in total. The van der Waals surface area contributed by atoms with E-state index in [0.717, 1.165) is 4.70 Å². The van der Waals surface area contributed by atoms with Crippen molar-refractivity contribution < 1.29 is 32.2 Å². The highest BCUT2D eigenvalue weighted by Crippen LogP contribution is 2.42. The Bertz CT molecular complexity index is 1120. The molecule has 1 aliphatic rings. The van der Waals surface area contributed by atoms with Crippen LogP contribution in [0.5, 0.6) is 0 Å². The predicted octanol–water partition coefficient (Wildman–Crippen LogP) is 4.17. The first-order chi connectivity index (χ1) is 15.5. The molecule has 1 saturated carbocycles. The second-order valence-corrected chi connectivity index (χ2v) is 8.87. The third-order valence-corrected chi connectivity index (χ3v) is 6.51. The standard InChI is InChI=1S/C20H20F5N5O2S/c1-9-13(17-28-11-4-2-3-5-12(11)33-17)16(29-18(27-9)26-8-20(23,24)25)30-19(32)7-6-10(14(19)31)15(21)22/h2-5,10,14-15,31-32H,6-8H2,1H3,(H2,26,27,29,30). The molecule has 7 nitrogen and oxygen atoms in total. The average molecular weight is 489 g/mol. The Labute approximate surface area is 188 Å². The summed E-state index contributed by atoms with van der Waals surface area (Å²) < 4.78 is 65.3. The van der Waals surface area contributed by atoms with E-state index in [1.165, 1.54) is 18.3 Å². The summed E-state index contributed by atoms with van der Waals surface area (Å²) in [6.45, 7) is 0.136. The SMILES string of the molecule is Cc1nc(NCC(F)(F)F)nc(NC2(O)CCC(C(F)F)C2O)c1-c1nc2ccccc2s1. The Hall–Kier alpha value is -2.64. The fourth-order valence-electron chi connectivity index (χ4n) is 3.81. The topological polar surface area (TPSA) is 103 Å². The molecule has 2 aromatic heterocycles. The molecule has 4 rings (SSSR count). The number of halogens is 5. The maximum atomic E-state index is 13.2. The third-order valence-electron chi connectivity index (χ3n) is 5.46. The molecule has 0 spiro atoms. The maximum absolute atomic E-state index is 13.2. The lowest BCUT2D eigenvalue weighted by Gasteiger charge is -2.31. The van der Waals surface area contributed by atoms with Crippen LogP contribution in [0, 0.1) is 12.8 Å². The van der Waals surface area contributed by atoms with Crippen molar-refractivity contribution >= 4 is 33.3 Å². The average Bonchev–Trinajstić information content (AvgIpc) is 3.26. The molecule has 0 amide bonds. The van der Waals surface area contributed by atoms with E-state index in [2.05, 4.69) is 25.6 Å². The van der Waals surface area contributed by atoms with E-state index in [1.807, 2.05) is 12.1 Å². The van der Waals surface area contributed by atoms with E-state index in [-0.39, 0.29) is 35.9 Å². The van der Waals surface area contributed by atoms with Gasteiger partial charge in [-0.3, -0.25) is 0 Å². The van der Waals surface area contributed by atoms with Crippen LogP contribution < -0.4 is 10.6 Å². The highest BCUT2D eigenvalue weighted by Gasteiger charge is 2.50. The molecule has 3 aromatic rings. The molecular weight excluding hydrogens is 469 g/mol. The summed E-state index contributed by atoms with van der Waals surface area (Å²) in [6.07, 6.45) is -9.56. The Morgan fingerprint density at radius 3 is 2.58 bits per heavy atom. The number of nitrogens with zero attached hydrogens (tertiary/aromatic N) is 3. The van der Waals surface area contributed by atoms with E-state index in [9.17, 15) is 32.2 Å². The monoisotopic (exact) mass is 489 g/mol. The summed E-state index contributed by atoms with van der Waals surface area (Å²) >= 11 is 1.27. The molecule has 33 heavy (non-hydrogen) atoms. The van der Waals surface area contributed by atoms with Crippen LogP contribution in [0.2, 0.25) is 0 Å². The predicted molar refractivity (Wildman–Crippen MR) is 113 cm³/mol. The first-order valence-electron chi connectivity index (χ1n) is 9.99. The van der Waals surface area contributed by atoms with Crippen LogP contribution in [-0.4, -0.2) is 56.1 Å². The van der Waals surface area contributed by atoms with Gasteiger partial charge in [0.05, 0.1) is 27.4 Å². The number of hydrogen-bond donors (Lipinski definition) is 4. The molecule has 3 unspecified atom stereocenters. The first-order valence-corrected chi connectivity index (χ1v) is 10.8. The van der Waals surface area contributed by atoms with Crippen molar-refractivity contribution in [3.8, 4) is 10.6 Å². The number of thiazole rings is 1. The van der Waals surface area contributed by atoms with E-state index < -0.39 is 36.9 Å². The highest BCUT2D eigenvalue weighted by molar-refractivity contribution is 7.21. The Morgan fingerprint density at radius 2 is 1.94 bits per heavy atom. The van der Waals surface area contributed by atoms with Gasteiger partial charge >= 0.3 is 6.18 Å². The number of benzene rings is 1. The molecular formula is C20H20F5N5O2S. The van der Waals surface area contributed by atoms with Gasteiger partial charge in [0.1, 0.15) is 23.5 Å². The molecule has 0 aliphatic heterocycles. The summed E-state index contributed by atoms with van der Waals surface area (Å²) in [5.74, 6) is -1.96. The van der Waals surface area contributed by atoms with Crippen LogP contribution >= 0.6 is 11.3 Å². The first kappa shape index (κ1) is 23.5. The number of aliphatic hydroxyl groups is 2. The molecule has 1 fully saturated rings. The maximum Gasteiger partial charge on any atom is 0.405 e. The number of aromatic nitrogens is 3. The van der Waals surface area contributed by atoms with Crippen LogP contribution in [0.4, 0.5) is 33.7 Å². The quantitative estimate of drug-likeness (QED) is 0.304. The summed E-state index contributed by atoms with van der Waals surface area (Å²) in [4.78, 5) is 12.7. The minimum Gasteiger partial charge on any atom is -0.388 e. The van der Waals surface area contributed by atoms with Gasteiger partial charge in [-0.1, -0.05) is 12.1 Å². The van der Waals surface area contributed by atoms with Gasteiger partial charge in [0, 0.05) is 0 Å². The summed E-state index contributed by atoms with van der Waals surface area (Å²) in [5, 5.41) is 26.4. The summed E-state index contributed by atoms with van der Waals surface area (Å²) in [6, 6.07) is 7.22.